The zero-order valence-electron chi connectivity index (χ0n) is 17.6. The number of aliphatic hydroxyl groups is 1. The SMILES string of the molecule is Cc1cc(C(O)(C(F)(F)F)C(F)(F)F)ccc1NC(=O)Cc1cccc(S(=O)(=O)NC2CC2)c1. The summed E-state index contributed by atoms with van der Waals surface area (Å²) in [5, 5.41) is 11.9. The van der Waals surface area contributed by atoms with Crippen LogP contribution in [-0.4, -0.2) is 37.8 Å². The maximum Gasteiger partial charge on any atom is 0.430 e. The van der Waals surface area contributed by atoms with Crippen molar-refractivity contribution >= 4 is 21.6 Å². The van der Waals surface area contributed by atoms with Crippen LogP contribution in [0.5, 0.6) is 0 Å². The van der Waals surface area contributed by atoms with E-state index in [9.17, 15) is 44.7 Å². The number of amides is 1. The molecule has 13 heteroatoms. The summed E-state index contributed by atoms with van der Waals surface area (Å²) in [7, 11) is -3.75. The number of halogens is 6. The number of alkyl halides is 6. The number of anilines is 1. The molecule has 0 atom stereocenters. The van der Waals surface area contributed by atoms with Gasteiger partial charge in [-0.3, -0.25) is 4.79 Å². The highest BCUT2D eigenvalue weighted by atomic mass is 32.2. The molecule has 3 rings (SSSR count). The van der Waals surface area contributed by atoms with Crippen LogP contribution in [0.3, 0.4) is 0 Å². The first kappa shape index (κ1) is 26.0. The van der Waals surface area contributed by atoms with Crippen molar-refractivity contribution < 1.29 is 44.7 Å². The van der Waals surface area contributed by atoms with E-state index in [-0.39, 0.29) is 28.6 Å². The molecule has 1 fully saturated rings. The van der Waals surface area contributed by atoms with E-state index in [1.165, 1.54) is 31.2 Å². The Labute approximate surface area is 191 Å². The quantitative estimate of drug-likeness (QED) is 0.492. The van der Waals surface area contributed by atoms with Crippen molar-refractivity contribution in [2.45, 2.75) is 55.1 Å². The molecule has 1 aliphatic rings. The van der Waals surface area contributed by atoms with Gasteiger partial charge < -0.3 is 10.4 Å². The van der Waals surface area contributed by atoms with Crippen LogP contribution in [0.25, 0.3) is 0 Å². The third-order valence-corrected chi connectivity index (χ3v) is 6.73. The van der Waals surface area contributed by atoms with Crippen LogP contribution >= 0.6 is 0 Å². The highest BCUT2D eigenvalue weighted by Crippen LogP contribution is 2.50. The third-order valence-electron chi connectivity index (χ3n) is 5.21. The van der Waals surface area contributed by atoms with Crippen LogP contribution in [0.4, 0.5) is 32.0 Å². The Kier molecular flexibility index (Phi) is 6.77. The molecule has 0 spiro atoms. The summed E-state index contributed by atoms with van der Waals surface area (Å²) in [6.45, 7) is 1.17. The monoisotopic (exact) mass is 510 g/mol. The molecule has 2 aromatic rings. The van der Waals surface area contributed by atoms with Gasteiger partial charge in [-0.25, -0.2) is 13.1 Å². The lowest BCUT2D eigenvalue weighted by Gasteiger charge is -2.33. The number of carbonyl (C=O) groups excluding carboxylic acids is 1. The van der Waals surface area contributed by atoms with Gasteiger partial charge in [0.25, 0.3) is 5.60 Å². The molecular weight excluding hydrogens is 490 g/mol. The predicted molar refractivity (Wildman–Crippen MR) is 109 cm³/mol. The molecule has 1 saturated carbocycles. The van der Waals surface area contributed by atoms with E-state index in [1.807, 2.05) is 0 Å². The van der Waals surface area contributed by atoms with Gasteiger partial charge in [-0.15, -0.1) is 0 Å². The first-order valence-corrected chi connectivity index (χ1v) is 11.4. The number of sulfonamides is 1. The molecule has 0 saturated heterocycles. The Bertz CT molecular complexity index is 1180. The average molecular weight is 510 g/mol. The van der Waals surface area contributed by atoms with E-state index >= 15 is 0 Å². The summed E-state index contributed by atoms with van der Waals surface area (Å²) < 4.78 is 106. The highest BCUT2D eigenvalue weighted by molar-refractivity contribution is 7.89. The summed E-state index contributed by atoms with van der Waals surface area (Å²) in [5.41, 5.74) is -6.41. The van der Waals surface area contributed by atoms with E-state index in [1.54, 1.807) is 0 Å². The fourth-order valence-electron chi connectivity index (χ4n) is 3.21. The lowest BCUT2D eigenvalue weighted by atomic mass is 9.90. The minimum Gasteiger partial charge on any atom is -0.369 e. The first-order chi connectivity index (χ1) is 15.5. The second kappa shape index (κ2) is 8.86. The number of aryl methyl sites for hydroxylation is 1. The van der Waals surface area contributed by atoms with Gasteiger partial charge in [0.05, 0.1) is 11.3 Å². The smallest absolute Gasteiger partial charge is 0.369 e. The third kappa shape index (κ3) is 5.36. The standard InChI is InChI=1S/C21H20F6N2O4S/c1-12-9-14(19(31,20(22,23)24)21(25,26)27)5-8-17(12)28-18(30)11-13-3-2-4-16(10-13)34(32,33)29-15-6-7-15/h2-5,8-10,15,29,31H,6-7,11H2,1H3,(H,28,30). The largest absolute Gasteiger partial charge is 0.430 e. The molecule has 34 heavy (non-hydrogen) atoms. The van der Waals surface area contributed by atoms with Gasteiger partial charge >= 0.3 is 12.4 Å². The zero-order valence-corrected chi connectivity index (χ0v) is 18.4. The number of nitrogens with one attached hydrogen (secondary N) is 2. The average Bonchev–Trinajstić information content (AvgIpc) is 3.50. The number of carbonyl (C=O) groups is 1. The van der Waals surface area contributed by atoms with Gasteiger partial charge in [0.1, 0.15) is 0 Å². The fraction of sp³-hybridized carbons (Fsp3) is 0.381. The fourth-order valence-corrected chi connectivity index (χ4v) is 4.58. The molecule has 1 amide bonds. The van der Waals surface area contributed by atoms with Crippen molar-refractivity contribution in [1.29, 1.82) is 0 Å². The van der Waals surface area contributed by atoms with Crippen LogP contribution in [-0.2, 0) is 26.8 Å². The van der Waals surface area contributed by atoms with Crippen molar-refractivity contribution in [2.75, 3.05) is 5.32 Å². The zero-order chi connectivity index (χ0) is 25.5. The van der Waals surface area contributed by atoms with Crippen LogP contribution in [0.2, 0.25) is 0 Å². The summed E-state index contributed by atoms with van der Waals surface area (Å²) in [5.74, 6) is -0.678. The highest BCUT2D eigenvalue weighted by Gasteiger charge is 2.71. The molecule has 0 aromatic heterocycles. The minimum absolute atomic E-state index is 0.0381. The van der Waals surface area contributed by atoms with Gasteiger partial charge in [-0.1, -0.05) is 24.3 Å². The molecule has 0 aliphatic heterocycles. The number of hydrogen-bond donors (Lipinski definition) is 3. The van der Waals surface area contributed by atoms with Crippen molar-refractivity contribution in [2.24, 2.45) is 0 Å². The number of hydrogen-bond acceptors (Lipinski definition) is 4. The van der Waals surface area contributed by atoms with Crippen LogP contribution in [0.15, 0.2) is 47.4 Å². The summed E-state index contributed by atoms with van der Waals surface area (Å²) >= 11 is 0. The van der Waals surface area contributed by atoms with E-state index in [0.717, 1.165) is 18.9 Å². The van der Waals surface area contributed by atoms with Gasteiger partial charge in [-0.2, -0.15) is 26.3 Å². The predicted octanol–water partition coefficient (Wildman–Crippen LogP) is 3.93. The molecule has 0 radical (unpaired) electrons. The van der Waals surface area contributed by atoms with Crippen LogP contribution < -0.4 is 10.0 Å². The van der Waals surface area contributed by atoms with Crippen LogP contribution in [0.1, 0.15) is 29.5 Å². The van der Waals surface area contributed by atoms with Gasteiger partial charge in [-0.05, 0) is 49.1 Å². The van der Waals surface area contributed by atoms with Crippen molar-refractivity contribution in [3.63, 3.8) is 0 Å². The Morgan fingerprint density at radius 2 is 1.65 bits per heavy atom. The van der Waals surface area contributed by atoms with E-state index in [0.29, 0.717) is 17.7 Å². The van der Waals surface area contributed by atoms with Crippen LogP contribution in [0, 0.1) is 6.92 Å². The molecule has 6 nitrogen and oxygen atoms in total. The maximum absolute atomic E-state index is 13.1. The summed E-state index contributed by atoms with van der Waals surface area (Å²) in [6.07, 6.45) is -10.9. The Hall–Kier alpha value is -2.64. The molecule has 186 valence electrons. The number of rotatable bonds is 7. The van der Waals surface area contributed by atoms with E-state index in [4.69, 9.17) is 0 Å². The first-order valence-electron chi connectivity index (χ1n) is 9.92. The Morgan fingerprint density at radius 1 is 1.03 bits per heavy atom. The lowest BCUT2D eigenvalue weighted by molar-refractivity contribution is -0.376. The van der Waals surface area contributed by atoms with Gasteiger partial charge in [0.2, 0.25) is 15.9 Å². The number of benzene rings is 2. The second-order valence-electron chi connectivity index (χ2n) is 8.00. The Morgan fingerprint density at radius 3 is 2.18 bits per heavy atom. The molecular formula is C21H20F6N2O4S. The summed E-state index contributed by atoms with van der Waals surface area (Å²) in [4.78, 5) is 12.4. The summed E-state index contributed by atoms with van der Waals surface area (Å²) in [6, 6.07) is 7.23. The van der Waals surface area contributed by atoms with E-state index < -0.39 is 39.4 Å². The molecule has 0 bridgehead atoms. The maximum atomic E-state index is 13.1. The minimum atomic E-state index is -6.03. The Balaban J connectivity index is 1.77. The van der Waals surface area contributed by atoms with Gasteiger partial charge in [0, 0.05) is 17.3 Å². The molecule has 1 aliphatic carbocycles. The van der Waals surface area contributed by atoms with E-state index in [2.05, 4.69) is 10.0 Å². The molecule has 0 heterocycles. The van der Waals surface area contributed by atoms with Gasteiger partial charge in [0.15, 0.2) is 0 Å². The molecule has 3 N–H and O–H groups in total. The normalized spacial score (nSPS) is 15.3. The molecule has 0 unspecified atom stereocenters. The van der Waals surface area contributed by atoms with Crippen molar-refractivity contribution in [3.8, 4) is 0 Å². The van der Waals surface area contributed by atoms with Crippen molar-refractivity contribution in [1.82, 2.24) is 4.72 Å². The second-order valence-corrected chi connectivity index (χ2v) is 9.72. The lowest BCUT2D eigenvalue weighted by Crippen LogP contribution is -2.53. The topological polar surface area (TPSA) is 95.5 Å². The molecule has 2 aromatic carbocycles. The van der Waals surface area contributed by atoms with Crippen molar-refractivity contribution in [3.05, 3.63) is 59.2 Å².